The standard InChI is InChI=1S/C8H15ClN2O4S/c1-15-8(12)10-16(13,14)11(6-5-9)7-3-2-4-7/h7H,2-6H2,1H3,(H,10,12). The molecule has 0 saturated heterocycles. The first-order valence-electron chi connectivity index (χ1n) is 4.94. The van der Waals surface area contributed by atoms with E-state index in [1.807, 2.05) is 4.72 Å². The van der Waals surface area contributed by atoms with Gasteiger partial charge < -0.3 is 4.74 Å². The number of ether oxygens (including phenoxy) is 1. The third-order valence-corrected chi connectivity index (χ3v) is 4.19. The Kier molecular flexibility index (Phi) is 4.82. The third-order valence-electron chi connectivity index (χ3n) is 2.49. The number of carbonyl (C=O) groups excluding carboxylic acids is 1. The van der Waals surface area contributed by atoms with Gasteiger partial charge in [-0.15, -0.1) is 11.6 Å². The van der Waals surface area contributed by atoms with Gasteiger partial charge in [0, 0.05) is 18.5 Å². The van der Waals surface area contributed by atoms with E-state index in [2.05, 4.69) is 4.74 Å². The van der Waals surface area contributed by atoms with Crippen molar-refractivity contribution in [3.05, 3.63) is 0 Å². The van der Waals surface area contributed by atoms with Crippen molar-refractivity contribution in [2.45, 2.75) is 25.3 Å². The normalized spacial score (nSPS) is 16.9. The van der Waals surface area contributed by atoms with Crippen molar-refractivity contribution in [2.24, 2.45) is 0 Å². The van der Waals surface area contributed by atoms with Crippen molar-refractivity contribution in [1.29, 1.82) is 0 Å². The fourth-order valence-corrected chi connectivity index (χ4v) is 3.09. The number of nitrogens with zero attached hydrogens (tertiary/aromatic N) is 1. The summed E-state index contributed by atoms with van der Waals surface area (Å²) in [5, 5.41) is 0. The number of hydrogen-bond acceptors (Lipinski definition) is 4. The fraction of sp³-hybridized carbons (Fsp3) is 0.875. The van der Waals surface area contributed by atoms with Gasteiger partial charge in [-0.25, -0.2) is 9.52 Å². The zero-order valence-corrected chi connectivity index (χ0v) is 10.6. The summed E-state index contributed by atoms with van der Waals surface area (Å²) in [7, 11) is -2.72. The molecule has 94 valence electrons. The molecule has 1 saturated carbocycles. The van der Waals surface area contributed by atoms with Crippen molar-refractivity contribution in [3.63, 3.8) is 0 Å². The van der Waals surface area contributed by atoms with Gasteiger partial charge >= 0.3 is 16.3 Å². The van der Waals surface area contributed by atoms with Crippen molar-refractivity contribution >= 4 is 27.9 Å². The second-order valence-corrected chi connectivity index (χ2v) is 5.48. The van der Waals surface area contributed by atoms with Crippen LogP contribution in [0.3, 0.4) is 0 Å². The van der Waals surface area contributed by atoms with Crippen LogP contribution in [0.1, 0.15) is 19.3 Å². The molecule has 0 radical (unpaired) electrons. The lowest BCUT2D eigenvalue weighted by atomic mass is 9.93. The molecular weight excluding hydrogens is 256 g/mol. The molecular formula is C8H15ClN2O4S. The zero-order chi connectivity index (χ0) is 12.2. The molecule has 0 aromatic rings. The summed E-state index contributed by atoms with van der Waals surface area (Å²) in [6.07, 6.45) is 1.62. The first-order chi connectivity index (χ1) is 7.51. The van der Waals surface area contributed by atoms with Gasteiger partial charge in [0.2, 0.25) is 0 Å². The van der Waals surface area contributed by atoms with Crippen molar-refractivity contribution in [2.75, 3.05) is 19.5 Å². The van der Waals surface area contributed by atoms with Gasteiger partial charge in [-0.05, 0) is 12.8 Å². The first-order valence-corrected chi connectivity index (χ1v) is 6.92. The smallest absolute Gasteiger partial charge is 0.421 e. The highest BCUT2D eigenvalue weighted by molar-refractivity contribution is 7.87. The maximum absolute atomic E-state index is 11.8. The molecule has 0 aliphatic heterocycles. The molecule has 1 N–H and O–H groups in total. The minimum Gasteiger partial charge on any atom is -0.452 e. The number of nitrogens with one attached hydrogen (secondary N) is 1. The summed E-state index contributed by atoms with van der Waals surface area (Å²) in [5.74, 6) is 0.193. The van der Waals surface area contributed by atoms with E-state index in [0.717, 1.165) is 26.4 Å². The molecule has 0 heterocycles. The maximum Gasteiger partial charge on any atom is 0.421 e. The second-order valence-electron chi connectivity index (χ2n) is 3.48. The van der Waals surface area contributed by atoms with Crippen LogP contribution in [-0.2, 0) is 14.9 Å². The van der Waals surface area contributed by atoms with Crippen LogP contribution in [0, 0.1) is 0 Å². The average molecular weight is 271 g/mol. The number of alkyl halides is 1. The van der Waals surface area contributed by atoms with E-state index in [-0.39, 0.29) is 18.5 Å². The van der Waals surface area contributed by atoms with Crippen LogP contribution in [0.5, 0.6) is 0 Å². The lowest BCUT2D eigenvalue weighted by Crippen LogP contribution is -2.51. The lowest BCUT2D eigenvalue weighted by Gasteiger charge is -2.35. The van der Waals surface area contributed by atoms with Crippen LogP contribution < -0.4 is 4.72 Å². The van der Waals surface area contributed by atoms with E-state index in [4.69, 9.17) is 11.6 Å². The van der Waals surface area contributed by atoms with E-state index in [1.54, 1.807) is 0 Å². The van der Waals surface area contributed by atoms with E-state index >= 15 is 0 Å². The summed E-state index contributed by atoms with van der Waals surface area (Å²) < 4.78 is 30.9. The Hall–Kier alpha value is -0.530. The first kappa shape index (κ1) is 13.5. The van der Waals surface area contributed by atoms with Crippen LogP contribution in [0.25, 0.3) is 0 Å². The summed E-state index contributed by atoms with van der Waals surface area (Å²) in [6, 6.07) is -0.0547. The summed E-state index contributed by atoms with van der Waals surface area (Å²) in [4.78, 5) is 10.9. The molecule has 6 nitrogen and oxygen atoms in total. The predicted molar refractivity (Wildman–Crippen MR) is 59.5 cm³/mol. The number of rotatable bonds is 5. The number of amides is 1. The van der Waals surface area contributed by atoms with Crippen LogP contribution >= 0.6 is 11.6 Å². The SMILES string of the molecule is COC(=O)NS(=O)(=O)N(CCCl)C1CCC1. The molecule has 0 bridgehead atoms. The predicted octanol–water partition coefficient (Wildman–Crippen LogP) is 0.680. The van der Waals surface area contributed by atoms with Crippen LogP contribution in [-0.4, -0.2) is 44.4 Å². The summed E-state index contributed by atoms with van der Waals surface area (Å²) in [5.41, 5.74) is 0. The molecule has 1 fully saturated rings. The van der Waals surface area contributed by atoms with E-state index < -0.39 is 16.3 Å². The van der Waals surface area contributed by atoms with Gasteiger partial charge in [0.1, 0.15) is 0 Å². The van der Waals surface area contributed by atoms with Crippen molar-refractivity contribution in [1.82, 2.24) is 9.03 Å². The zero-order valence-electron chi connectivity index (χ0n) is 8.98. The van der Waals surface area contributed by atoms with Gasteiger partial charge in [-0.1, -0.05) is 6.42 Å². The highest BCUT2D eigenvalue weighted by Crippen LogP contribution is 2.26. The van der Waals surface area contributed by atoms with Gasteiger partial charge in [-0.2, -0.15) is 12.7 Å². The lowest BCUT2D eigenvalue weighted by molar-refractivity contribution is 0.174. The molecule has 1 aliphatic carbocycles. The Morgan fingerprint density at radius 3 is 2.56 bits per heavy atom. The second kappa shape index (κ2) is 5.70. The summed E-state index contributed by atoms with van der Waals surface area (Å²) >= 11 is 5.55. The van der Waals surface area contributed by atoms with E-state index in [9.17, 15) is 13.2 Å². The minimum absolute atomic E-state index is 0.0547. The van der Waals surface area contributed by atoms with Crippen LogP contribution in [0.15, 0.2) is 0 Å². The molecule has 1 rings (SSSR count). The van der Waals surface area contributed by atoms with Gasteiger partial charge in [0.05, 0.1) is 7.11 Å². The Bertz CT molecular complexity index is 342. The highest BCUT2D eigenvalue weighted by Gasteiger charge is 2.34. The Labute approximate surface area is 100 Å². The highest BCUT2D eigenvalue weighted by atomic mass is 35.5. The number of halogens is 1. The van der Waals surface area contributed by atoms with Crippen molar-refractivity contribution < 1.29 is 17.9 Å². The molecule has 0 aromatic carbocycles. The average Bonchev–Trinajstić information content (AvgIpc) is 2.13. The Morgan fingerprint density at radius 2 is 2.19 bits per heavy atom. The largest absolute Gasteiger partial charge is 0.452 e. The maximum atomic E-state index is 11.8. The summed E-state index contributed by atoms with van der Waals surface area (Å²) in [6.45, 7) is 0.193. The topological polar surface area (TPSA) is 75.7 Å². The Morgan fingerprint density at radius 1 is 1.56 bits per heavy atom. The quantitative estimate of drug-likeness (QED) is 0.746. The molecule has 0 atom stereocenters. The van der Waals surface area contributed by atoms with Gasteiger partial charge in [-0.3, -0.25) is 0 Å². The fourth-order valence-electron chi connectivity index (χ4n) is 1.46. The molecule has 1 aliphatic rings. The van der Waals surface area contributed by atoms with Crippen LogP contribution in [0.4, 0.5) is 4.79 Å². The van der Waals surface area contributed by atoms with Gasteiger partial charge in [0.25, 0.3) is 0 Å². The molecule has 1 amide bonds. The van der Waals surface area contributed by atoms with E-state index in [0.29, 0.717) is 0 Å². The Balaban J connectivity index is 2.71. The monoisotopic (exact) mass is 270 g/mol. The minimum atomic E-state index is -3.83. The number of carbonyl (C=O) groups is 1. The molecule has 0 unspecified atom stereocenters. The number of methoxy groups -OCH3 is 1. The van der Waals surface area contributed by atoms with E-state index in [1.165, 1.54) is 4.31 Å². The molecule has 16 heavy (non-hydrogen) atoms. The molecule has 0 spiro atoms. The third kappa shape index (κ3) is 3.23. The number of hydrogen-bond donors (Lipinski definition) is 1. The van der Waals surface area contributed by atoms with Gasteiger partial charge in [0.15, 0.2) is 0 Å². The molecule has 8 heteroatoms. The van der Waals surface area contributed by atoms with Crippen molar-refractivity contribution in [3.8, 4) is 0 Å². The molecule has 0 aromatic heterocycles. The van der Waals surface area contributed by atoms with Crippen LogP contribution in [0.2, 0.25) is 0 Å².